The monoisotopic (exact) mass is 252 g/mol. The van der Waals surface area contributed by atoms with Gasteiger partial charge in [0, 0.05) is 0 Å². The van der Waals surface area contributed by atoms with Gasteiger partial charge in [-0.1, -0.05) is 30.3 Å². The van der Waals surface area contributed by atoms with E-state index in [1.807, 2.05) is 30.3 Å². The highest BCUT2D eigenvalue weighted by Gasteiger charge is 2.19. The van der Waals surface area contributed by atoms with Crippen LogP contribution >= 0.6 is 0 Å². The molecular formula is C13H16O5. The van der Waals surface area contributed by atoms with Crippen molar-refractivity contribution in [3.05, 3.63) is 35.9 Å². The largest absolute Gasteiger partial charge is 0.509 e. The molecule has 0 unspecified atom stereocenters. The Hall–Kier alpha value is -2.04. The number of rotatable bonds is 5. The zero-order chi connectivity index (χ0) is 13.4. The Morgan fingerprint density at radius 2 is 1.83 bits per heavy atom. The molecule has 0 saturated carbocycles. The van der Waals surface area contributed by atoms with Crippen LogP contribution < -0.4 is 0 Å². The maximum Gasteiger partial charge on any atom is 0.509 e. The number of hydrogen-bond acceptors (Lipinski definition) is 5. The van der Waals surface area contributed by atoms with Gasteiger partial charge in [0.2, 0.25) is 0 Å². The Morgan fingerprint density at radius 1 is 1.17 bits per heavy atom. The van der Waals surface area contributed by atoms with Gasteiger partial charge >= 0.3 is 12.1 Å². The summed E-state index contributed by atoms with van der Waals surface area (Å²) in [6.45, 7) is 3.46. The molecule has 1 aromatic rings. The first-order valence-corrected chi connectivity index (χ1v) is 5.67. The molecule has 0 radical (unpaired) electrons. The SMILES string of the molecule is CCOC(=O)[C@H](C)OC(=O)OCc1ccccc1. The number of esters is 1. The van der Waals surface area contributed by atoms with Gasteiger partial charge in [-0.2, -0.15) is 0 Å². The normalized spacial score (nSPS) is 11.4. The van der Waals surface area contributed by atoms with E-state index >= 15 is 0 Å². The molecule has 0 N–H and O–H groups in total. The molecule has 0 aliphatic rings. The van der Waals surface area contributed by atoms with Gasteiger partial charge in [0.05, 0.1) is 6.61 Å². The van der Waals surface area contributed by atoms with Crippen LogP contribution in [0, 0.1) is 0 Å². The van der Waals surface area contributed by atoms with Gasteiger partial charge in [-0.05, 0) is 19.4 Å². The lowest BCUT2D eigenvalue weighted by Gasteiger charge is -2.11. The molecule has 0 amide bonds. The van der Waals surface area contributed by atoms with Crippen molar-refractivity contribution < 1.29 is 23.8 Å². The summed E-state index contributed by atoms with van der Waals surface area (Å²) in [6.07, 6.45) is -1.85. The van der Waals surface area contributed by atoms with E-state index in [0.717, 1.165) is 5.56 Å². The quantitative estimate of drug-likeness (QED) is 0.752. The molecule has 0 saturated heterocycles. The van der Waals surface area contributed by atoms with Gasteiger partial charge in [-0.25, -0.2) is 9.59 Å². The lowest BCUT2D eigenvalue weighted by Crippen LogP contribution is -2.26. The van der Waals surface area contributed by atoms with Crippen LogP contribution in [-0.4, -0.2) is 24.8 Å². The molecule has 0 aromatic heterocycles. The zero-order valence-electron chi connectivity index (χ0n) is 10.4. The predicted molar refractivity (Wildman–Crippen MR) is 63.8 cm³/mol. The van der Waals surface area contributed by atoms with Crippen molar-refractivity contribution in [1.29, 1.82) is 0 Å². The molecule has 18 heavy (non-hydrogen) atoms. The average molecular weight is 252 g/mol. The van der Waals surface area contributed by atoms with E-state index in [-0.39, 0.29) is 13.2 Å². The minimum atomic E-state index is -0.965. The van der Waals surface area contributed by atoms with Gasteiger partial charge in [0.15, 0.2) is 6.10 Å². The van der Waals surface area contributed by atoms with Crippen molar-refractivity contribution >= 4 is 12.1 Å². The average Bonchev–Trinajstić information content (AvgIpc) is 2.38. The smallest absolute Gasteiger partial charge is 0.463 e. The second-order valence-electron chi connectivity index (χ2n) is 3.54. The van der Waals surface area contributed by atoms with Gasteiger partial charge in [0.1, 0.15) is 6.61 Å². The van der Waals surface area contributed by atoms with Crippen LogP contribution in [0.15, 0.2) is 30.3 Å². The van der Waals surface area contributed by atoms with Crippen LogP contribution in [-0.2, 0) is 25.6 Å². The van der Waals surface area contributed by atoms with Crippen molar-refractivity contribution in [1.82, 2.24) is 0 Å². The van der Waals surface area contributed by atoms with Crippen LogP contribution in [0.25, 0.3) is 0 Å². The molecule has 98 valence electrons. The first-order valence-electron chi connectivity index (χ1n) is 5.67. The molecule has 0 spiro atoms. The number of ether oxygens (including phenoxy) is 3. The van der Waals surface area contributed by atoms with E-state index in [2.05, 4.69) is 0 Å². The maximum atomic E-state index is 11.3. The Kier molecular flexibility index (Phi) is 5.70. The molecule has 0 fully saturated rings. The summed E-state index contributed by atoms with van der Waals surface area (Å²) in [4.78, 5) is 22.5. The van der Waals surface area contributed by atoms with Gasteiger partial charge in [0.25, 0.3) is 0 Å². The fraction of sp³-hybridized carbons (Fsp3) is 0.385. The van der Waals surface area contributed by atoms with E-state index in [0.29, 0.717) is 0 Å². The predicted octanol–water partition coefficient (Wildman–Crippen LogP) is 2.29. The van der Waals surface area contributed by atoms with Crippen LogP contribution in [0.5, 0.6) is 0 Å². The van der Waals surface area contributed by atoms with Crippen molar-refractivity contribution in [3.63, 3.8) is 0 Å². The summed E-state index contributed by atoms with van der Waals surface area (Å²) in [6, 6.07) is 9.19. The Balaban J connectivity index is 2.31. The van der Waals surface area contributed by atoms with Gasteiger partial charge in [-0.15, -0.1) is 0 Å². The van der Waals surface area contributed by atoms with Crippen LogP contribution in [0.2, 0.25) is 0 Å². The van der Waals surface area contributed by atoms with Crippen LogP contribution in [0.1, 0.15) is 19.4 Å². The summed E-state index contributed by atoms with van der Waals surface area (Å²) in [5, 5.41) is 0. The van der Waals surface area contributed by atoms with E-state index in [1.165, 1.54) is 6.92 Å². The lowest BCUT2D eigenvalue weighted by atomic mass is 10.2. The molecule has 1 atom stereocenters. The summed E-state index contributed by atoms with van der Waals surface area (Å²) in [5.41, 5.74) is 0.846. The minimum absolute atomic E-state index is 0.106. The standard InChI is InChI=1S/C13H16O5/c1-3-16-12(14)10(2)18-13(15)17-9-11-7-5-4-6-8-11/h4-8,10H,3,9H2,1-2H3/t10-/m0/s1. The molecule has 0 aliphatic heterocycles. The second kappa shape index (κ2) is 7.32. The Bertz CT molecular complexity index is 388. The maximum absolute atomic E-state index is 11.3. The summed E-state index contributed by atoms with van der Waals surface area (Å²) in [7, 11) is 0. The minimum Gasteiger partial charge on any atom is -0.463 e. The van der Waals surface area contributed by atoms with Crippen molar-refractivity contribution in [2.24, 2.45) is 0 Å². The second-order valence-corrected chi connectivity index (χ2v) is 3.54. The van der Waals surface area contributed by atoms with Gasteiger partial charge < -0.3 is 14.2 Å². The fourth-order valence-corrected chi connectivity index (χ4v) is 1.20. The van der Waals surface area contributed by atoms with Crippen molar-refractivity contribution in [3.8, 4) is 0 Å². The lowest BCUT2D eigenvalue weighted by molar-refractivity contribution is -0.153. The molecule has 0 bridgehead atoms. The van der Waals surface area contributed by atoms with E-state index in [1.54, 1.807) is 6.92 Å². The van der Waals surface area contributed by atoms with Crippen LogP contribution in [0.3, 0.4) is 0 Å². The summed E-state index contributed by atoms with van der Waals surface area (Å²) in [5.74, 6) is -0.589. The highest BCUT2D eigenvalue weighted by Crippen LogP contribution is 2.03. The highest BCUT2D eigenvalue weighted by molar-refractivity contribution is 5.76. The third-order valence-corrected chi connectivity index (χ3v) is 2.09. The van der Waals surface area contributed by atoms with E-state index < -0.39 is 18.2 Å². The Morgan fingerprint density at radius 3 is 2.44 bits per heavy atom. The molecule has 5 heteroatoms. The third-order valence-electron chi connectivity index (χ3n) is 2.09. The highest BCUT2D eigenvalue weighted by atomic mass is 16.7. The zero-order valence-corrected chi connectivity index (χ0v) is 10.4. The molecule has 1 aromatic carbocycles. The fourth-order valence-electron chi connectivity index (χ4n) is 1.20. The number of carbonyl (C=O) groups is 2. The van der Waals surface area contributed by atoms with E-state index in [4.69, 9.17) is 14.2 Å². The molecule has 0 aliphatic carbocycles. The molecule has 0 heterocycles. The first kappa shape index (κ1) is 14.0. The summed E-state index contributed by atoms with van der Waals surface area (Å²) >= 11 is 0. The number of benzene rings is 1. The number of carbonyl (C=O) groups excluding carboxylic acids is 2. The van der Waals surface area contributed by atoms with E-state index in [9.17, 15) is 9.59 Å². The molecular weight excluding hydrogens is 236 g/mol. The van der Waals surface area contributed by atoms with Gasteiger partial charge in [-0.3, -0.25) is 0 Å². The third kappa shape index (κ3) is 4.86. The van der Waals surface area contributed by atoms with Crippen molar-refractivity contribution in [2.45, 2.75) is 26.6 Å². The Labute approximate surface area is 106 Å². The first-order chi connectivity index (χ1) is 8.63. The number of hydrogen-bond donors (Lipinski definition) is 0. The topological polar surface area (TPSA) is 61.8 Å². The molecule has 5 nitrogen and oxygen atoms in total. The van der Waals surface area contributed by atoms with Crippen LogP contribution in [0.4, 0.5) is 4.79 Å². The summed E-state index contributed by atoms with van der Waals surface area (Å²) < 4.78 is 14.3. The van der Waals surface area contributed by atoms with Crippen molar-refractivity contribution in [2.75, 3.05) is 6.61 Å². The molecule has 1 rings (SSSR count).